The van der Waals surface area contributed by atoms with Crippen LogP contribution in [0.15, 0.2) is 60.7 Å². The molecule has 33 heavy (non-hydrogen) atoms. The fourth-order valence-electron chi connectivity index (χ4n) is 6.76. The third-order valence-corrected chi connectivity index (χ3v) is 8.13. The first-order chi connectivity index (χ1) is 16.2. The highest BCUT2D eigenvalue weighted by atomic mass is 16.5. The molecule has 0 aliphatic carbocycles. The van der Waals surface area contributed by atoms with Gasteiger partial charge in [0.05, 0.1) is 14.2 Å². The van der Waals surface area contributed by atoms with Crippen molar-refractivity contribution in [1.82, 2.24) is 9.80 Å². The maximum Gasteiger partial charge on any atom is 0.243 e. The summed E-state index contributed by atoms with van der Waals surface area (Å²) >= 11 is 0. The van der Waals surface area contributed by atoms with Gasteiger partial charge in [-0.05, 0) is 60.5 Å². The van der Waals surface area contributed by atoms with Gasteiger partial charge in [0.25, 0.3) is 0 Å². The smallest absolute Gasteiger partial charge is 0.243 e. The highest BCUT2D eigenvalue weighted by Crippen LogP contribution is 2.57. The third-order valence-electron chi connectivity index (χ3n) is 8.13. The number of methoxy groups -OCH3 is 2. The van der Waals surface area contributed by atoms with Gasteiger partial charge in [0.15, 0.2) is 0 Å². The van der Waals surface area contributed by atoms with Gasteiger partial charge in [-0.2, -0.15) is 0 Å². The fraction of sp³-hybridized carbons (Fsp3) is 0.393. The number of likely N-dealkylation sites (tertiary alicyclic amines) is 1. The lowest BCUT2D eigenvalue weighted by Gasteiger charge is -2.34. The number of hydrogen-bond acceptors (Lipinski definition) is 4. The maximum atomic E-state index is 13.9. The van der Waals surface area contributed by atoms with Crippen LogP contribution >= 0.6 is 0 Å². The lowest BCUT2D eigenvalue weighted by Crippen LogP contribution is -2.49. The molecule has 3 aromatic rings. The summed E-state index contributed by atoms with van der Waals surface area (Å²) < 4.78 is 11.0. The molecule has 1 amide bonds. The Bertz CT molecular complexity index is 1220. The van der Waals surface area contributed by atoms with Crippen LogP contribution in [-0.2, 0) is 11.3 Å². The molecule has 3 aromatic carbocycles. The number of benzene rings is 3. The highest BCUT2D eigenvalue weighted by molar-refractivity contribution is 5.93. The first-order valence-electron chi connectivity index (χ1n) is 11.9. The van der Waals surface area contributed by atoms with Crippen molar-refractivity contribution >= 4 is 16.7 Å². The van der Waals surface area contributed by atoms with E-state index in [-0.39, 0.29) is 11.6 Å². The van der Waals surface area contributed by atoms with Gasteiger partial charge in [0, 0.05) is 30.4 Å². The normalized spacial score (nSPS) is 26.6. The van der Waals surface area contributed by atoms with Gasteiger partial charge in [-0.1, -0.05) is 42.5 Å². The average Bonchev–Trinajstić information content (AvgIpc) is 3.49. The van der Waals surface area contributed by atoms with Crippen LogP contribution in [0.25, 0.3) is 10.8 Å². The Morgan fingerprint density at radius 2 is 1.85 bits per heavy atom. The van der Waals surface area contributed by atoms with Crippen LogP contribution in [0.3, 0.4) is 0 Å². The minimum Gasteiger partial charge on any atom is -0.497 e. The van der Waals surface area contributed by atoms with Crippen LogP contribution in [0.4, 0.5) is 0 Å². The van der Waals surface area contributed by atoms with E-state index in [1.165, 1.54) is 10.9 Å². The van der Waals surface area contributed by atoms with E-state index in [1.54, 1.807) is 14.2 Å². The van der Waals surface area contributed by atoms with E-state index in [0.717, 1.165) is 54.8 Å². The molecule has 5 nitrogen and oxygen atoms in total. The highest BCUT2D eigenvalue weighted by Gasteiger charge is 2.65. The van der Waals surface area contributed by atoms with Gasteiger partial charge in [-0.15, -0.1) is 0 Å². The van der Waals surface area contributed by atoms with Crippen LogP contribution in [0.2, 0.25) is 0 Å². The van der Waals surface area contributed by atoms with Gasteiger partial charge in [0.1, 0.15) is 17.0 Å². The van der Waals surface area contributed by atoms with Gasteiger partial charge in [-0.25, -0.2) is 0 Å². The summed E-state index contributed by atoms with van der Waals surface area (Å²) in [7, 11) is 3.41. The van der Waals surface area contributed by atoms with Crippen molar-refractivity contribution in [2.24, 2.45) is 5.92 Å². The molecule has 3 atom stereocenters. The van der Waals surface area contributed by atoms with Crippen molar-refractivity contribution < 1.29 is 14.3 Å². The van der Waals surface area contributed by atoms with Crippen molar-refractivity contribution in [1.29, 1.82) is 0 Å². The van der Waals surface area contributed by atoms with E-state index in [4.69, 9.17) is 9.47 Å². The second-order valence-electron chi connectivity index (χ2n) is 9.61. The summed E-state index contributed by atoms with van der Waals surface area (Å²) in [4.78, 5) is 18.5. The van der Waals surface area contributed by atoms with E-state index in [9.17, 15) is 4.79 Å². The third kappa shape index (κ3) is 2.98. The van der Waals surface area contributed by atoms with Crippen molar-refractivity contribution in [2.45, 2.75) is 37.4 Å². The molecule has 3 heterocycles. The second kappa shape index (κ2) is 7.77. The van der Waals surface area contributed by atoms with Crippen molar-refractivity contribution in [3.63, 3.8) is 0 Å². The Kier molecular flexibility index (Phi) is 4.84. The Morgan fingerprint density at radius 1 is 1.00 bits per heavy atom. The molecule has 3 saturated heterocycles. The SMILES string of the molecule is COc1cccc(CN2C[C@@H]3C[C@@H](c4ccc(OC)c5ccccc45)N4CCC[C@@]34C2=O)c1. The molecule has 3 fully saturated rings. The first-order valence-corrected chi connectivity index (χ1v) is 11.9. The minimum absolute atomic E-state index is 0.274. The molecule has 0 bridgehead atoms. The Hall–Kier alpha value is -3.05. The molecule has 0 aromatic heterocycles. The second-order valence-corrected chi connectivity index (χ2v) is 9.61. The Morgan fingerprint density at radius 3 is 2.67 bits per heavy atom. The molecule has 0 saturated carbocycles. The number of rotatable bonds is 5. The zero-order valence-corrected chi connectivity index (χ0v) is 19.3. The average molecular weight is 443 g/mol. The molecule has 0 radical (unpaired) electrons. The Labute approximate surface area is 194 Å². The molecule has 0 N–H and O–H groups in total. The number of amides is 1. The number of carbonyl (C=O) groups is 1. The summed E-state index contributed by atoms with van der Waals surface area (Å²) in [6.45, 7) is 2.47. The molecule has 1 spiro atoms. The molecular weight excluding hydrogens is 412 g/mol. The summed E-state index contributed by atoms with van der Waals surface area (Å²) in [6.07, 6.45) is 3.08. The molecular formula is C28H30N2O3. The predicted molar refractivity (Wildman–Crippen MR) is 128 cm³/mol. The summed E-state index contributed by atoms with van der Waals surface area (Å²) in [5.41, 5.74) is 2.11. The van der Waals surface area contributed by atoms with E-state index in [1.807, 2.05) is 18.2 Å². The lowest BCUT2D eigenvalue weighted by atomic mass is 9.85. The first kappa shape index (κ1) is 20.5. The van der Waals surface area contributed by atoms with E-state index in [0.29, 0.717) is 18.4 Å². The molecule has 3 aliphatic rings. The van der Waals surface area contributed by atoms with Gasteiger partial charge < -0.3 is 14.4 Å². The van der Waals surface area contributed by atoms with Crippen LogP contribution in [0, 0.1) is 5.92 Å². The molecule has 6 rings (SSSR count). The number of fused-ring (bicyclic) bond motifs is 1. The monoisotopic (exact) mass is 442 g/mol. The fourth-order valence-corrected chi connectivity index (χ4v) is 6.76. The zero-order valence-electron chi connectivity index (χ0n) is 19.3. The van der Waals surface area contributed by atoms with Gasteiger partial charge in [-0.3, -0.25) is 9.69 Å². The van der Waals surface area contributed by atoms with Crippen molar-refractivity contribution in [3.8, 4) is 11.5 Å². The van der Waals surface area contributed by atoms with E-state index < -0.39 is 0 Å². The molecule has 5 heteroatoms. The van der Waals surface area contributed by atoms with Crippen LogP contribution in [-0.4, -0.2) is 48.6 Å². The molecule has 3 aliphatic heterocycles. The van der Waals surface area contributed by atoms with E-state index in [2.05, 4.69) is 52.3 Å². The zero-order chi connectivity index (χ0) is 22.6. The minimum atomic E-state index is -0.343. The van der Waals surface area contributed by atoms with Crippen LogP contribution < -0.4 is 9.47 Å². The molecule has 170 valence electrons. The maximum absolute atomic E-state index is 13.9. The van der Waals surface area contributed by atoms with Crippen LogP contribution in [0.1, 0.15) is 36.4 Å². The lowest BCUT2D eigenvalue weighted by molar-refractivity contribution is -0.137. The summed E-state index contributed by atoms with van der Waals surface area (Å²) in [6, 6.07) is 21.1. The van der Waals surface area contributed by atoms with Crippen molar-refractivity contribution in [3.05, 3.63) is 71.8 Å². The standard InChI is InChI=1S/C28H30N2O3/c1-32-21-8-5-7-19(15-21)17-29-18-20-16-25(30-14-6-13-28(20,30)27(29)31)23-11-12-26(33-2)24-10-4-3-9-22(23)24/h3-5,7-12,15,20,25H,6,13-14,16-18H2,1-2H3/t20-,25-,28-/m0/s1. The summed E-state index contributed by atoms with van der Waals surface area (Å²) in [5.74, 6) is 2.42. The van der Waals surface area contributed by atoms with Crippen molar-refractivity contribution in [2.75, 3.05) is 27.3 Å². The van der Waals surface area contributed by atoms with E-state index >= 15 is 0 Å². The largest absolute Gasteiger partial charge is 0.497 e. The predicted octanol–water partition coefficient (Wildman–Crippen LogP) is 4.80. The number of carbonyl (C=O) groups excluding carboxylic acids is 1. The number of hydrogen-bond donors (Lipinski definition) is 0. The number of nitrogens with zero attached hydrogens (tertiary/aromatic N) is 2. The molecule has 0 unspecified atom stereocenters. The van der Waals surface area contributed by atoms with Crippen LogP contribution in [0.5, 0.6) is 11.5 Å². The quantitative estimate of drug-likeness (QED) is 0.570. The van der Waals surface area contributed by atoms with Gasteiger partial charge >= 0.3 is 0 Å². The Balaban J connectivity index is 1.33. The summed E-state index contributed by atoms with van der Waals surface area (Å²) in [5, 5.41) is 2.39. The van der Waals surface area contributed by atoms with Gasteiger partial charge in [0.2, 0.25) is 5.91 Å². The number of ether oxygens (including phenoxy) is 2. The topological polar surface area (TPSA) is 42.0 Å².